The molecule has 0 saturated heterocycles. The fraction of sp³-hybridized carbons (Fsp3) is 0.500. The molecular formula is C20H26N4O3. The number of carboxylic acids is 1. The molecule has 0 bridgehead atoms. The van der Waals surface area contributed by atoms with E-state index in [0.717, 1.165) is 12.8 Å². The van der Waals surface area contributed by atoms with Gasteiger partial charge in [-0.25, -0.2) is 4.68 Å². The van der Waals surface area contributed by atoms with Crippen LogP contribution in [0.5, 0.6) is 0 Å². The summed E-state index contributed by atoms with van der Waals surface area (Å²) in [6.07, 6.45) is 3.74. The van der Waals surface area contributed by atoms with E-state index in [1.807, 2.05) is 12.1 Å². The third-order valence-electron chi connectivity index (χ3n) is 5.43. The number of carbonyl (C=O) groups excluding carboxylic acids is 1. The van der Waals surface area contributed by atoms with Crippen LogP contribution in [-0.4, -0.2) is 32.0 Å². The Labute approximate surface area is 158 Å². The van der Waals surface area contributed by atoms with Crippen molar-refractivity contribution in [1.82, 2.24) is 20.3 Å². The number of rotatable bonds is 5. The fourth-order valence-corrected chi connectivity index (χ4v) is 3.64. The second kappa shape index (κ2) is 6.79. The first kappa shape index (κ1) is 19.1. The average molecular weight is 370 g/mol. The number of nitrogens with zero attached hydrogens (tertiary/aromatic N) is 3. The van der Waals surface area contributed by atoms with Crippen LogP contribution in [0, 0.1) is 0 Å². The summed E-state index contributed by atoms with van der Waals surface area (Å²) in [4.78, 5) is 23.3. The van der Waals surface area contributed by atoms with Crippen LogP contribution in [0.1, 0.15) is 67.7 Å². The molecule has 1 aromatic heterocycles. The lowest BCUT2D eigenvalue weighted by molar-refractivity contribution is -0.137. The molecule has 27 heavy (non-hydrogen) atoms. The Morgan fingerprint density at radius 3 is 2.48 bits per heavy atom. The second-order valence-electron chi connectivity index (χ2n) is 8.51. The van der Waals surface area contributed by atoms with Crippen LogP contribution in [0.25, 0.3) is 0 Å². The first-order valence-corrected chi connectivity index (χ1v) is 9.12. The summed E-state index contributed by atoms with van der Waals surface area (Å²) in [6, 6.07) is 5.96. The maximum Gasteiger partial charge on any atom is 0.325 e. The SMILES string of the molecule is CC1(C)CCC(C)(C)c2cc(C(=O)NCc3cn(CC(=O)O)nn3)ccc21. The van der Waals surface area contributed by atoms with Gasteiger partial charge in [-0.15, -0.1) is 5.10 Å². The van der Waals surface area contributed by atoms with Crippen molar-refractivity contribution < 1.29 is 14.7 Å². The predicted molar refractivity (Wildman–Crippen MR) is 101 cm³/mol. The molecule has 0 aliphatic heterocycles. The van der Waals surface area contributed by atoms with E-state index in [4.69, 9.17) is 5.11 Å². The number of aliphatic carboxylic acids is 1. The minimum atomic E-state index is -0.991. The van der Waals surface area contributed by atoms with Crippen molar-refractivity contribution in [2.75, 3.05) is 0 Å². The van der Waals surface area contributed by atoms with Crippen LogP contribution in [0.3, 0.4) is 0 Å². The van der Waals surface area contributed by atoms with Crippen molar-refractivity contribution in [2.45, 2.75) is 64.5 Å². The number of nitrogens with one attached hydrogen (secondary N) is 1. The molecule has 0 spiro atoms. The summed E-state index contributed by atoms with van der Waals surface area (Å²) < 4.78 is 1.23. The van der Waals surface area contributed by atoms with E-state index in [2.05, 4.69) is 49.4 Å². The Kier molecular flexibility index (Phi) is 4.80. The molecule has 2 N–H and O–H groups in total. The van der Waals surface area contributed by atoms with E-state index in [-0.39, 0.29) is 29.8 Å². The number of hydrogen-bond acceptors (Lipinski definition) is 4. The first-order valence-electron chi connectivity index (χ1n) is 9.12. The lowest BCUT2D eigenvalue weighted by Crippen LogP contribution is -2.34. The quantitative estimate of drug-likeness (QED) is 0.843. The summed E-state index contributed by atoms with van der Waals surface area (Å²) in [6.45, 7) is 8.90. The van der Waals surface area contributed by atoms with Crippen LogP contribution >= 0.6 is 0 Å². The zero-order valence-electron chi connectivity index (χ0n) is 16.2. The lowest BCUT2D eigenvalue weighted by Gasteiger charge is -2.42. The first-order chi connectivity index (χ1) is 12.6. The van der Waals surface area contributed by atoms with E-state index >= 15 is 0 Å². The highest BCUT2D eigenvalue weighted by molar-refractivity contribution is 5.94. The molecule has 0 radical (unpaired) electrons. The van der Waals surface area contributed by atoms with Crippen LogP contribution in [0.2, 0.25) is 0 Å². The van der Waals surface area contributed by atoms with Crippen molar-refractivity contribution in [3.8, 4) is 0 Å². The van der Waals surface area contributed by atoms with Crippen molar-refractivity contribution in [2.24, 2.45) is 0 Å². The molecule has 1 aliphatic carbocycles. The zero-order chi connectivity index (χ0) is 19.8. The summed E-state index contributed by atoms with van der Waals surface area (Å²) in [5, 5.41) is 19.2. The Morgan fingerprint density at radius 2 is 1.81 bits per heavy atom. The monoisotopic (exact) mass is 370 g/mol. The zero-order valence-corrected chi connectivity index (χ0v) is 16.2. The smallest absolute Gasteiger partial charge is 0.325 e. The Balaban J connectivity index is 1.74. The summed E-state index contributed by atoms with van der Waals surface area (Å²) in [5.74, 6) is -1.17. The van der Waals surface area contributed by atoms with Crippen molar-refractivity contribution in [3.63, 3.8) is 0 Å². The predicted octanol–water partition coefficient (Wildman–Crippen LogP) is 2.64. The third kappa shape index (κ3) is 4.02. The van der Waals surface area contributed by atoms with Gasteiger partial charge in [-0.05, 0) is 46.9 Å². The number of aromatic nitrogens is 3. The van der Waals surface area contributed by atoms with E-state index in [1.165, 1.54) is 22.0 Å². The third-order valence-corrected chi connectivity index (χ3v) is 5.43. The molecule has 1 aromatic carbocycles. The molecule has 7 heteroatoms. The van der Waals surface area contributed by atoms with E-state index in [9.17, 15) is 9.59 Å². The van der Waals surface area contributed by atoms with Gasteiger partial charge in [-0.2, -0.15) is 0 Å². The van der Waals surface area contributed by atoms with Crippen molar-refractivity contribution in [3.05, 3.63) is 46.8 Å². The highest BCUT2D eigenvalue weighted by Crippen LogP contribution is 2.45. The van der Waals surface area contributed by atoms with Gasteiger partial charge >= 0.3 is 5.97 Å². The van der Waals surface area contributed by atoms with E-state index < -0.39 is 5.97 Å². The van der Waals surface area contributed by atoms with Crippen LogP contribution in [-0.2, 0) is 28.7 Å². The topological polar surface area (TPSA) is 97.1 Å². The fourth-order valence-electron chi connectivity index (χ4n) is 3.64. The van der Waals surface area contributed by atoms with Gasteiger partial charge in [0.15, 0.2) is 0 Å². The normalized spacial score (nSPS) is 17.2. The maximum atomic E-state index is 12.6. The molecule has 0 unspecified atom stereocenters. The molecule has 0 atom stereocenters. The van der Waals surface area contributed by atoms with Crippen molar-refractivity contribution >= 4 is 11.9 Å². The van der Waals surface area contributed by atoms with Crippen LogP contribution in [0.4, 0.5) is 0 Å². The van der Waals surface area contributed by atoms with Gasteiger partial charge in [0.2, 0.25) is 0 Å². The molecule has 1 heterocycles. The molecule has 2 aromatic rings. The largest absolute Gasteiger partial charge is 0.480 e. The number of carboxylic acid groups (broad SMARTS) is 1. The number of hydrogen-bond donors (Lipinski definition) is 2. The minimum absolute atomic E-state index is 0.0423. The maximum absolute atomic E-state index is 12.6. The summed E-state index contributed by atoms with van der Waals surface area (Å²) in [5.41, 5.74) is 3.84. The molecule has 3 rings (SSSR count). The Bertz CT molecular complexity index is 883. The highest BCUT2D eigenvalue weighted by atomic mass is 16.4. The van der Waals surface area contributed by atoms with Gasteiger partial charge in [0.1, 0.15) is 12.2 Å². The second-order valence-corrected chi connectivity index (χ2v) is 8.51. The number of fused-ring (bicyclic) bond motifs is 1. The Hall–Kier alpha value is -2.70. The van der Waals surface area contributed by atoms with Crippen LogP contribution in [0.15, 0.2) is 24.4 Å². The van der Waals surface area contributed by atoms with Gasteiger partial charge < -0.3 is 10.4 Å². The molecule has 144 valence electrons. The van der Waals surface area contributed by atoms with E-state index in [1.54, 1.807) is 0 Å². The Morgan fingerprint density at radius 1 is 1.15 bits per heavy atom. The van der Waals surface area contributed by atoms with Gasteiger partial charge in [0.25, 0.3) is 5.91 Å². The highest BCUT2D eigenvalue weighted by Gasteiger charge is 2.37. The molecule has 1 aliphatic rings. The lowest BCUT2D eigenvalue weighted by atomic mass is 9.63. The van der Waals surface area contributed by atoms with E-state index in [0.29, 0.717) is 11.3 Å². The molecule has 0 saturated carbocycles. The molecule has 0 fully saturated rings. The van der Waals surface area contributed by atoms with Gasteiger partial charge in [-0.3, -0.25) is 9.59 Å². The van der Waals surface area contributed by atoms with Gasteiger partial charge in [-0.1, -0.05) is 39.0 Å². The number of carbonyl (C=O) groups is 2. The van der Waals surface area contributed by atoms with Gasteiger partial charge in [0.05, 0.1) is 12.7 Å². The summed E-state index contributed by atoms with van der Waals surface area (Å²) >= 11 is 0. The summed E-state index contributed by atoms with van der Waals surface area (Å²) in [7, 11) is 0. The number of benzene rings is 1. The molecular weight excluding hydrogens is 344 g/mol. The molecule has 7 nitrogen and oxygen atoms in total. The van der Waals surface area contributed by atoms with Crippen LogP contribution < -0.4 is 5.32 Å². The van der Waals surface area contributed by atoms with Crippen molar-refractivity contribution in [1.29, 1.82) is 0 Å². The number of amides is 1. The average Bonchev–Trinajstić information content (AvgIpc) is 3.03. The minimum Gasteiger partial charge on any atom is -0.480 e. The van der Waals surface area contributed by atoms with Gasteiger partial charge in [0, 0.05) is 5.56 Å². The standard InChI is InChI=1S/C20H26N4O3/c1-19(2)7-8-20(3,4)16-9-13(5-6-15(16)19)18(27)21-10-14-11-24(23-22-14)12-17(25)26/h5-6,9,11H,7-8,10,12H2,1-4H3,(H,21,27)(H,25,26). The molecule has 1 amide bonds.